The molecule has 0 bridgehead atoms. The van der Waals surface area contributed by atoms with E-state index in [0.717, 1.165) is 51.4 Å². The van der Waals surface area contributed by atoms with Crippen molar-refractivity contribution in [3.8, 4) is 0 Å². The summed E-state index contributed by atoms with van der Waals surface area (Å²) < 4.78 is 5.92. The van der Waals surface area contributed by atoms with Gasteiger partial charge in [0.2, 0.25) is 5.91 Å². The number of hydrogen-bond acceptors (Lipinski definition) is 5. The predicted octanol–water partition coefficient (Wildman–Crippen LogP) is 15.5. The molecule has 3 N–H and O–H groups in total. The molecule has 1 amide bonds. The van der Waals surface area contributed by atoms with Gasteiger partial charge in [0.15, 0.2) is 0 Å². The first kappa shape index (κ1) is 57.3. The van der Waals surface area contributed by atoms with Gasteiger partial charge in [0.05, 0.1) is 25.2 Å². The number of aliphatic hydroxyl groups is 2. The van der Waals surface area contributed by atoms with Crippen LogP contribution in [0.4, 0.5) is 0 Å². The number of esters is 1. The molecule has 0 rings (SSSR count). The Kier molecular flexibility index (Phi) is 46.1. The van der Waals surface area contributed by atoms with E-state index in [1.807, 2.05) is 0 Å². The monoisotopic (exact) mass is 832 g/mol. The van der Waals surface area contributed by atoms with Crippen LogP contribution in [0.25, 0.3) is 0 Å². The molecule has 6 nitrogen and oxygen atoms in total. The van der Waals surface area contributed by atoms with E-state index in [-0.39, 0.29) is 24.9 Å². The molecular weight excluding hydrogens is 731 g/mol. The number of ether oxygens (including phenoxy) is 1. The maximum atomic E-state index is 13.2. The number of nitrogens with one attached hydrogen (secondary N) is 1. The third kappa shape index (κ3) is 42.8. The quantitative estimate of drug-likeness (QED) is 0.0322. The van der Waals surface area contributed by atoms with Crippen LogP contribution in [0.15, 0.2) is 24.3 Å². The number of rotatable bonds is 47. The van der Waals surface area contributed by atoms with Crippen molar-refractivity contribution in [1.29, 1.82) is 0 Å². The minimum atomic E-state index is -0.782. The van der Waals surface area contributed by atoms with Crippen molar-refractivity contribution >= 4 is 11.9 Å². The van der Waals surface area contributed by atoms with Crippen LogP contribution in [0.5, 0.6) is 0 Å². The van der Waals surface area contributed by atoms with Crippen molar-refractivity contribution in [1.82, 2.24) is 5.32 Å². The van der Waals surface area contributed by atoms with Gasteiger partial charge in [0.1, 0.15) is 6.10 Å². The second-order valence-corrected chi connectivity index (χ2v) is 17.9. The minimum Gasteiger partial charge on any atom is -0.462 e. The van der Waals surface area contributed by atoms with E-state index < -0.39 is 18.2 Å². The lowest BCUT2D eigenvalue weighted by atomic mass is 10.0. The van der Waals surface area contributed by atoms with Crippen molar-refractivity contribution in [2.75, 3.05) is 6.61 Å². The van der Waals surface area contributed by atoms with Gasteiger partial charge in [-0.05, 0) is 57.8 Å². The predicted molar refractivity (Wildman–Crippen MR) is 255 cm³/mol. The zero-order valence-electron chi connectivity index (χ0n) is 39.7. The van der Waals surface area contributed by atoms with E-state index in [2.05, 4.69) is 50.4 Å². The Balaban J connectivity index is 4.41. The molecule has 0 aromatic carbocycles. The molecule has 0 aromatic rings. The third-order valence-electron chi connectivity index (χ3n) is 12.0. The molecule has 0 saturated carbocycles. The molecule has 0 radical (unpaired) electrons. The normalized spacial score (nSPS) is 13.4. The van der Waals surface area contributed by atoms with E-state index in [1.54, 1.807) is 0 Å². The molecule has 348 valence electrons. The zero-order chi connectivity index (χ0) is 43.1. The first-order valence-electron chi connectivity index (χ1n) is 26.1. The molecule has 0 fully saturated rings. The van der Waals surface area contributed by atoms with Gasteiger partial charge in [-0.2, -0.15) is 0 Å². The van der Waals surface area contributed by atoms with Crippen LogP contribution in [0.3, 0.4) is 0 Å². The van der Waals surface area contributed by atoms with Crippen LogP contribution in [0, 0.1) is 0 Å². The third-order valence-corrected chi connectivity index (χ3v) is 12.0. The Labute approximate surface area is 367 Å². The lowest BCUT2D eigenvalue weighted by Crippen LogP contribution is -2.46. The minimum absolute atomic E-state index is 0.0808. The Morgan fingerprint density at radius 1 is 0.492 bits per heavy atom. The van der Waals surface area contributed by atoms with Crippen LogP contribution >= 0.6 is 0 Å². The maximum Gasteiger partial charge on any atom is 0.306 e. The number of allylic oxidation sites excluding steroid dienone is 4. The lowest BCUT2D eigenvalue weighted by molar-refractivity contribution is -0.151. The van der Waals surface area contributed by atoms with Crippen LogP contribution in [0.1, 0.15) is 278 Å². The Hall–Kier alpha value is -1.66. The summed E-state index contributed by atoms with van der Waals surface area (Å²) in [5.41, 5.74) is 0. The van der Waals surface area contributed by atoms with E-state index in [1.165, 1.54) is 180 Å². The maximum absolute atomic E-state index is 13.2. The van der Waals surface area contributed by atoms with Gasteiger partial charge >= 0.3 is 5.97 Å². The SMILES string of the molecule is CCCCC/C=C\C/C=C\CCCCCCCCCCCC(=O)OC(CCCCCCCCCCC)CC(=O)NC(CO)C(O)CCCCCCCCCCCCCC. The largest absolute Gasteiger partial charge is 0.462 e. The topological polar surface area (TPSA) is 95.9 Å². The highest BCUT2D eigenvalue weighted by Gasteiger charge is 2.24. The van der Waals surface area contributed by atoms with Crippen molar-refractivity contribution < 1.29 is 24.5 Å². The number of carbonyl (C=O) groups is 2. The van der Waals surface area contributed by atoms with E-state index in [4.69, 9.17) is 4.74 Å². The summed E-state index contributed by atoms with van der Waals surface area (Å²) in [6.07, 6.45) is 53.8. The molecule has 6 heteroatoms. The fourth-order valence-corrected chi connectivity index (χ4v) is 8.05. The standard InChI is InChI=1S/C53H101NO5/c1-4-7-10-13-16-19-21-23-24-25-26-27-28-29-31-34-37-40-43-46-53(58)59-49(44-41-38-35-32-18-15-12-9-6-3)47-52(57)54-50(48-55)51(56)45-42-39-36-33-30-22-20-17-14-11-8-5-2/h16,19,23-24,49-51,55-56H,4-15,17-18,20-22,25-48H2,1-3H3,(H,54,57)/b19-16-,24-23-. The van der Waals surface area contributed by atoms with Gasteiger partial charge < -0.3 is 20.3 Å². The molecule has 0 aliphatic rings. The Morgan fingerprint density at radius 3 is 1.32 bits per heavy atom. The van der Waals surface area contributed by atoms with Crippen molar-refractivity contribution in [3.63, 3.8) is 0 Å². The van der Waals surface area contributed by atoms with Crippen molar-refractivity contribution in [2.24, 2.45) is 0 Å². The molecule has 0 aliphatic carbocycles. The zero-order valence-corrected chi connectivity index (χ0v) is 39.7. The van der Waals surface area contributed by atoms with Gasteiger partial charge in [0.25, 0.3) is 0 Å². The Bertz CT molecular complexity index is 935. The molecule has 0 heterocycles. The molecular formula is C53H101NO5. The highest BCUT2D eigenvalue weighted by atomic mass is 16.5. The van der Waals surface area contributed by atoms with Crippen LogP contribution in [-0.4, -0.2) is 46.9 Å². The number of aliphatic hydroxyl groups excluding tert-OH is 2. The highest BCUT2D eigenvalue weighted by Crippen LogP contribution is 2.18. The van der Waals surface area contributed by atoms with Crippen LogP contribution in [0.2, 0.25) is 0 Å². The van der Waals surface area contributed by atoms with E-state index in [9.17, 15) is 19.8 Å². The number of unbranched alkanes of at least 4 members (excludes halogenated alkanes) is 31. The first-order chi connectivity index (χ1) is 29.0. The Morgan fingerprint density at radius 2 is 0.864 bits per heavy atom. The fraction of sp³-hybridized carbons (Fsp3) is 0.887. The summed E-state index contributed by atoms with van der Waals surface area (Å²) in [5, 5.41) is 23.7. The summed E-state index contributed by atoms with van der Waals surface area (Å²) in [6, 6.07) is -0.696. The lowest BCUT2D eigenvalue weighted by Gasteiger charge is -2.24. The number of amides is 1. The summed E-state index contributed by atoms with van der Waals surface area (Å²) in [5.74, 6) is -0.467. The van der Waals surface area contributed by atoms with Gasteiger partial charge in [-0.3, -0.25) is 9.59 Å². The van der Waals surface area contributed by atoms with Gasteiger partial charge in [-0.25, -0.2) is 0 Å². The molecule has 3 atom stereocenters. The average Bonchev–Trinajstić information content (AvgIpc) is 3.23. The first-order valence-corrected chi connectivity index (χ1v) is 26.1. The van der Waals surface area contributed by atoms with Gasteiger partial charge in [-0.1, -0.05) is 231 Å². The second-order valence-electron chi connectivity index (χ2n) is 17.9. The fourth-order valence-electron chi connectivity index (χ4n) is 8.05. The smallest absolute Gasteiger partial charge is 0.306 e. The second kappa shape index (κ2) is 47.4. The van der Waals surface area contributed by atoms with Crippen LogP contribution in [-0.2, 0) is 14.3 Å². The molecule has 0 aliphatic heterocycles. The molecule has 0 spiro atoms. The number of hydrogen-bond donors (Lipinski definition) is 3. The average molecular weight is 832 g/mol. The summed E-state index contributed by atoms with van der Waals surface area (Å²) in [4.78, 5) is 26.1. The van der Waals surface area contributed by atoms with Crippen molar-refractivity contribution in [3.05, 3.63) is 24.3 Å². The van der Waals surface area contributed by atoms with Crippen LogP contribution < -0.4 is 5.32 Å². The molecule has 59 heavy (non-hydrogen) atoms. The van der Waals surface area contributed by atoms with E-state index in [0.29, 0.717) is 19.3 Å². The summed E-state index contributed by atoms with van der Waals surface area (Å²) >= 11 is 0. The van der Waals surface area contributed by atoms with E-state index >= 15 is 0 Å². The molecule has 3 unspecified atom stereocenters. The van der Waals surface area contributed by atoms with Crippen molar-refractivity contribution in [2.45, 2.75) is 296 Å². The summed E-state index contributed by atoms with van der Waals surface area (Å²) in [6.45, 7) is 6.46. The highest BCUT2D eigenvalue weighted by molar-refractivity contribution is 5.77. The van der Waals surface area contributed by atoms with Gasteiger partial charge in [-0.15, -0.1) is 0 Å². The molecule has 0 aromatic heterocycles. The van der Waals surface area contributed by atoms with Gasteiger partial charge in [0, 0.05) is 6.42 Å². The molecule has 0 saturated heterocycles. The summed E-state index contributed by atoms with van der Waals surface area (Å²) in [7, 11) is 0. The number of carbonyl (C=O) groups excluding carboxylic acids is 2.